The zero-order chi connectivity index (χ0) is 26.5. The highest BCUT2D eigenvalue weighted by Crippen LogP contribution is 2.33. The number of rotatable bonds is 11. The van der Waals surface area contributed by atoms with Gasteiger partial charge in [-0.25, -0.2) is 14.0 Å². The molecule has 2 saturated heterocycles. The van der Waals surface area contributed by atoms with Crippen LogP contribution in [0.3, 0.4) is 0 Å². The Morgan fingerprint density at radius 2 is 2.11 bits per heavy atom. The molecule has 3 N–H and O–H groups in total. The SMILES string of the molecule is CNCC(CC1CCCCOC1)NC(=O)N1CCCC([C@@H](OCCNC(=O)OC)c2cccc(F)c2)C1. The molecule has 0 bridgehead atoms. The zero-order valence-electron chi connectivity index (χ0n) is 22.2. The molecule has 3 amide bonds. The van der Waals surface area contributed by atoms with Gasteiger partial charge < -0.3 is 35.1 Å². The van der Waals surface area contributed by atoms with Gasteiger partial charge in [0.1, 0.15) is 5.82 Å². The number of hydrogen-bond acceptors (Lipinski definition) is 6. The molecule has 2 fully saturated rings. The number of carbonyl (C=O) groups is 2. The lowest BCUT2D eigenvalue weighted by Crippen LogP contribution is -2.52. The van der Waals surface area contributed by atoms with Crippen molar-refractivity contribution in [2.24, 2.45) is 11.8 Å². The fourth-order valence-electron chi connectivity index (χ4n) is 5.31. The predicted octanol–water partition coefficient (Wildman–Crippen LogP) is 3.46. The number of urea groups is 1. The topological polar surface area (TPSA) is 101 Å². The molecule has 9 nitrogen and oxygen atoms in total. The van der Waals surface area contributed by atoms with E-state index in [-0.39, 0.29) is 37.0 Å². The van der Waals surface area contributed by atoms with Gasteiger partial charge in [0.25, 0.3) is 0 Å². The van der Waals surface area contributed by atoms with Crippen LogP contribution in [0.5, 0.6) is 0 Å². The van der Waals surface area contributed by atoms with E-state index in [9.17, 15) is 14.0 Å². The second-order valence-electron chi connectivity index (χ2n) is 9.99. The van der Waals surface area contributed by atoms with Crippen molar-refractivity contribution in [3.63, 3.8) is 0 Å². The molecule has 1 aromatic rings. The summed E-state index contributed by atoms with van der Waals surface area (Å²) < 4.78 is 30.6. The standard InChI is InChI=1S/C27H43FN4O5/c1-29-17-24(15-20-7-3-4-13-36-19-20)31-26(33)32-12-6-9-22(18-32)25(21-8-5-10-23(28)16-21)37-14-11-30-27(34)35-2/h5,8,10,16,20,22,24-25,29H,3-4,6-7,9,11-15,17-19H2,1-2H3,(H,30,34)(H,31,33)/t20?,22?,24?,25-/m0/s1. The number of nitrogens with one attached hydrogen (secondary N) is 3. The predicted molar refractivity (Wildman–Crippen MR) is 139 cm³/mol. The Hall–Kier alpha value is -2.43. The molecule has 1 aromatic carbocycles. The number of alkyl carbamates (subject to hydrolysis) is 1. The summed E-state index contributed by atoms with van der Waals surface area (Å²) in [7, 11) is 3.20. The molecule has 3 unspecified atom stereocenters. The Bertz CT molecular complexity index is 837. The van der Waals surface area contributed by atoms with Crippen LogP contribution in [0.2, 0.25) is 0 Å². The van der Waals surface area contributed by atoms with Gasteiger partial charge in [0, 0.05) is 51.4 Å². The smallest absolute Gasteiger partial charge is 0.406 e. The minimum atomic E-state index is -0.530. The van der Waals surface area contributed by atoms with E-state index < -0.39 is 12.2 Å². The van der Waals surface area contributed by atoms with Crippen molar-refractivity contribution < 1.29 is 28.2 Å². The van der Waals surface area contributed by atoms with E-state index in [2.05, 4.69) is 20.7 Å². The maximum atomic E-state index is 14.1. The maximum absolute atomic E-state index is 14.1. The number of likely N-dealkylation sites (tertiary alicyclic amines) is 1. The van der Waals surface area contributed by atoms with Gasteiger partial charge in [-0.05, 0) is 62.8 Å². The van der Waals surface area contributed by atoms with Crippen LogP contribution in [0, 0.1) is 17.7 Å². The number of carbonyl (C=O) groups excluding carboxylic acids is 2. The molecule has 37 heavy (non-hydrogen) atoms. The van der Waals surface area contributed by atoms with Crippen LogP contribution in [0.25, 0.3) is 0 Å². The summed E-state index contributed by atoms with van der Waals surface area (Å²) in [6.45, 7) is 3.96. The highest BCUT2D eigenvalue weighted by atomic mass is 19.1. The molecule has 0 aliphatic carbocycles. The third-order valence-corrected chi connectivity index (χ3v) is 7.11. The maximum Gasteiger partial charge on any atom is 0.406 e. The fraction of sp³-hybridized carbons (Fsp3) is 0.704. The van der Waals surface area contributed by atoms with Gasteiger partial charge in [-0.1, -0.05) is 18.6 Å². The molecule has 3 rings (SSSR count). The summed E-state index contributed by atoms with van der Waals surface area (Å²) in [6, 6.07) is 6.34. The Kier molecular flexibility index (Phi) is 12.4. The lowest BCUT2D eigenvalue weighted by atomic mass is 9.88. The second-order valence-corrected chi connectivity index (χ2v) is 9.99. The van der Waals surface area contributed by atoms with Gasteiger partial charge >= 0.3 is 12.1 Å². The number of likely N-dealkylation sites (N-methyl/N-ethyl adjacent to an activating group) is 1. The molecule has 0 saturated carbocycles. The Morgan fingerprint density at radius 1 is 1.24 bits per heavy atom. The van der Waals surface area contributed by atoms with Gasteiger partial charge in [0.15, 0.2) is 0 Å². The number of methoxy groups -OCH3 is 1. The first-order valence-corrected chi connectivity index (χ1v) is 13.5. The van der Waals surface area contributed by atoms with E-state index in [1.165, 1.54) is 19.2 Å². The van der Waals surface area contributed by atoms with Gasteiger partial charge in [-0.2, -0.15) is 0 Å². The number of benzene rings is 1. The summed E-state index contributed by atoms with van der Waals surface area (Å²) in [5.74, 6) is 0.110. The van der Waals surface area contributed by atoms with Crippen LogP contribution >= 0.6 is 0 Å². The van der Waals surface area contributed by atoms with Crippen LogP contribution in [0.15, 0.2) is 24.3 Å². The number of nitrogens with zero attached hydrogens (tertiary/aromatic N) is 1. The molecular weight excluding hydrogens is 479 g/mol. The van der Waals surface area contributed by atoms with Gasteiger partial charge in [0.2, 0.25) is 0 Å². The third-order valence-electron chi connectivity index (χ3n) is 7.11. The van der Waals surface area contributed by atoms with Crippen LogP contribution < -0.4 is 16.0 Å². The summed E-state index contributed by atoms with van der Waals surface area (Å²) in [5, 5.41) is 9.05. The normalized spacial score (nSPS) is 22.0. The van der Waals surface area contributed by atoms with Gasteiger partial charge in [-0.3, -0.25) is 0 Å². The van der Waals surface area contributed by atoms with Crippen molar-refractivity contribution in [1.82, 2.24) is 20.9 Å². The lowest BCUT2D eigenvalue weighted by molar-refractivity contribution is -0.00882. The summed E-state index contributed by atoms with van der Waals surface area (Å²) in [4.78, 5) is 26.5. The highest BCUT2D eigenvalue weighted by Gasteiger charge is 2.32. The monoisotopic (exact) mass is 522 g/mol. The molecule has 4 atom stereocenters. The highest BCUT2D eigenvalue weighted by molar-refractivity contribution is 5.74. The number of ether oxygens (including phenoxy) is 3. The first-order chi connectivity index (χ1) is 18.0. The first kappa shape index (κ1) is 29.1. The molecule has 2 aliphatic heterocycles. The van der Waals surface area contributed by atoms with Crippen LogP contribution in [-0.2, 0) is 14.2 Å². The van der Waals surface area contributed by atoms with E-state index in [0.717, 1.165) is 57.3 Å². The van der Waals surface area contributed by atoms with E-state index in [1.807, 2.05) is 18.0 Å². The summed E-state index contributed by atoms with van der Waals surface area (Å²) in [5.41, 5.74) is 0.728. The van der Waals surface area contributed by atoms with E-state index in [0.29, 0.717) is 25.6 Å². The van der Waals surface area contributed by atoms with Crippen molar-refractivity contribution in [3.8, 4) is 0 Å². The molecule has 0 spiro atoms. The summed E-state index contributed by atoms with van der Waals surface area (Å²) in [6.07, 6.45) is 5.03. The molecule has 10 heteroatoms. The second kappa shape index (κ2) is 15.7. The molecule has 2 heterocycles. The first-order valence-electron chi connectivity index (χ1n) is 13.5. The van der Waals surface area contributed by atoms with E-state index >= 15 is 0 Å². The minimum Gasteiger partial charge on any atom is -0.453 e. The van der Waals surface area contributed by atoms with Crippen molar-refractivity contribution in [1.29, 1.82) is 0 Å². The Morgan fingerprint density at radius 3 is 2.89 bits per heavy atom. The van der Waals surface area contributed by atoms with Gasteiger partial charge in [0.05, 0.1) is 19.8 Å². The number of halogens is 1. The number of piperidine rings is 1. The molecule has 0 radical (unpaired) electrons. The Labute approximate surface area is 219 Å². The number of amides is 3. The average Bonchev–Trinajstić information content (AvgIpc) is 3.17. The zero-order valence-corrected chi connectivity index (χ0v) is 22.2. The lowest BCUT2D eigenvalue weighted by Gasteiger charge is -2.38. The molecule has 2 aliphatic rings. The summed E-state index contributed by atoms with van der Waals surface area (Å²) >= 11 is 0. The number of hydrogen-bond donors (Lipinski definition) is 3. The van der Waals surface area contributed by atoms with E-state index in [4.69, 9.17) is 9.47 Å². The van der Waals surface area contributed by atoms with Crippen LogP contribution in [0.4, 0.5) is 14.0 Å². The van der Waals surface area contributed by atoms with Crippen LogP contribution in [0.1, 0.15) is 50.2 Å². The van der Waals surface area contributed by atoms with Crippen molar-refractivity contribution in [2.75, 3.05) is 60.2 Å². The van der Waals surface area contributed by atoms with Crippen LogP contribution in [-0.4, -0.2) is 83.2 Å². The molecular formula is C27H43FN4O5. The third kappa shape index (κ3) is 9.75. The van der Waals surface area contributed by atoms with Crippen molar-refractivity contribution >= 4 is 12.1 Å². The average molecular weight is 523 g/mol. The van der Waals surface area contributed by atoms with E-state index in [1.54, 1.807) is 6.07 Å². The quantitative estimate of drug-likeness (QED) is 0.385. The van der Waals surface area contributed by atoms with Crippen molar-refractivity contribution in [3.05, 3.63) is 35.6 Å². The molecule has 0 aromatic heterocycles. The largest absolute Gasteiger partial charge is 0.453 e. The van der Waals surface area contributed by atoms with Gasteiger partial charge in [-0.15, -0.1) is 0 Å². The minimum absolute atomic E-state index is 0.00238. The fourth-order valence-corrected chi connectivity index (χ4v) is 5.31. The molecule has 208 valence electrons. The van der Waals surface area contributed by atoms with Crippen molar-refractivity contribution in [2.45, 2.75) is 50.7 Å². The Balaban J connectivity index is 1.62.